The van der Waals surface area contributed by atoms with Crippen LogP contribution in [0.1, 0.15) is 26.7 Å². The van der Waals surface area contributed by atoms with Crippen LogP contribution in [0.2, 0.25) is 0 Å². The molecular formula is C15H23Cl2F2N3O2. The zero-order valence-corrected chi connectivity index (χ0v) is 15.2. The highest BCUT2D eigenvalue weighted by atomic mass is 35.5. The molecule has 1 saturated heterocycles. The molecule has 24 heavy (non-hydrogen) atoms. The molecule has 138 valence electrons. The molecule has 0 aliphatic carbocycles. The first-order chi connectivity index (χ1) is 10.4. The van der Waals surface area contributed by atoms with E-state index in [0.717, 1.165) is 12.3 Å². The number of pyridine rings is 1. The number of nitrogens with zero attached hydrogens (tertiary/aromatic N) is 2. The third kappa shape index (κ3) is 5.72. The molecule has 1 aromatic rings. The number of ether oxygens (including phenoxy) is 1. The topological polar surface area (TPSA) is 68.5 Å². The number of amides is 1. The quantitative estimate of drug-likeness (QED) is 0.864. The molecule has 0 radical (unpaired) electrons. The van der Waals surface area contributed by atoms with Crippen molar-refractivity contribution in [2.45, 2.75) is 38.8 Å². The van der Waals surface area contributed by atoms with Gasteiger partial charge in [-0.25, -0.2) is 13.8 Å². The second kappa shape index (κ2) is 9.96. The van der Waals surface area contributed by atoms with Gasteiger partial charge in [0.2, 0.25) is 5.91 Å². The van der Waals surface area contributed by atoms with Gasteiger partial charge in [0, 0.05) is 32.0 Å². The van der Waals surface area contributed by atoms with Gasteiger partial charge in [-0.3, -0.25) is 4.79 Å². The molecule has 5 nitrogen and oxygen atoms in total. The van der Waals surface area contributed by atoms with Crippen molar-refractivity contribution < 1.29 is 18.3 Å². The summed E-state index contributed by atoms with van der Waals surface area (Å²) in [5.41, 5.74) is 5.87. The molecule has 0 saturated carbocycles. The molecule has 0 unspecified atom stereocenters. The average Bonchev–Trinajstić information content (AvgIpc) is 2.49. The van der Waals surface area contributed by atoms with Crippen molar-refractivity contribution in [1.82, 2.24) is 9.88 Å². The van der Waals surface area contributed by atoms with Gasteiger partial charge in [-0.05, 0) is 5.92 Å². The lowest BCUT2D eigenvalue weighted by atomic mass is 10.0. The number of nitrogens with two attached hydrogens (primary N) is 1. The van der Waals surface area contributed by atoms with Gasteiger partial charge in [-0.15, -0.1) is 24.8 Å². The molecule has 9 heteroatoms. The zero-order valence-electron chi connectivity index (χ0n) is 13.6. The molecule has 1 amide bonds. The Morgan fingerprint density at radius 3 is 2.42 bits per heavy atom. The summed E-state index contributed by atoms with van der Waals surface area (Å²) in [6.45, 7) is 4.82. The van der Waals surface area contributed by atoms with Crippen molar-refractivity contribution in [3.63, 3.8) is 0 Å². The van der Waals surface area contributed by atoms with Crippen molar-refractivity contribution in [3.05, 3.63) is 23.9 Å². The van der Waals surface area contributed by atoms with Crippen LogP contribution in [-0.4, -0.2) is 41.0 Å². The fraction of sp³-hybridized carbons (Fsp3) is 0.600. The Kier molecular flexibility index (Phi) is 9.47. The number of piperidine rings is 1. The Balaban J connectivity index is 0.00000264. The lowest BCUT2D eigenvalue weighted by Gasteiger charge is -2.34. The molecule has 1 aliphatic heterocycles. The molecule has 2 rings (SSSR count). The van der Waals surface area contributed by atoms with Gasteiger partial charge in [-0.2, -0.15) is 0 Å². The minimum atomic E-state index is -0.819. The second-order valence-electron chi connectivity index (χ2n) is 5.85. The molecule has 1 atom stereocenters. The summed E-state index contributed by atoms with van der Waals surface area (Å²) in [5.74, 6) is -1.75. The smallest absolute Gasteiger partial charge is 0.250 e. The van der Waals surface area contributed by atoms with Crippen LogP contribution in [0, 0.1) is 17.6 Å². The third-order valence-electron chi connectivity index (χ3n) is 3.81. The number of hydrogen-bond acceptors (Lipinski definition) is 4. The number of rotatable bonds is 4. The molecule has 2 N–H and O–H groups in total. The Labute approximate surface area is 152 Å². The molecule has 0 bridgehead atoms. The fourth-order valence-electron chi connectivity index (χ4n) is 2.34. The van der Waals surface area contributed by atoms with Gasteiger partial charge in [0.1, 0.15) is 11.9 Å². The minimum Gasteiger partial charge on any atom is -0.472 e. The lowest BCUT2D eigenvalue weighted by molar-refractivity contribution is -0.135. The minimum absolute atomic E-state index is 0. The first-order valence-corrected chi connectivity index (χ1v) is 7.40. The highest BCUT2D eigenvalue weighted by molar-refractivity contribution is 5.85. The van der Waals surface area contributed by atoms with Crippen molar-refractivity contribution in [2.24, 2.45) is 11.7 Å². The summed E-state index contributed by atoms with van der Waals surface area (Å²) in [7, 11) is 0. The normalized spacial score (nSPS) is 16.2. The number of carbonyl (C=O) groups is 1. The Morgan fingerprint density at radius 2 is 1.92 bits per heavy atom. The largest absolute Gasteiger partial charge is 0.472 e. The van der Waals surface area contributed by atoms with Crippen LogP contribution in [0.5, 0.6) is 5.88 Å². The molecule has 0 spiro atoms. The van der Waals surface area contributed by atoms with E-state index in [4.69, 9.17) is 10.5 Å². The van der Waals surface area contributed by atoms with Gasteiger partial charge in [0.15, 0.2) is 5.82 Å². The van der Waals surface area contributed by atoms with Crippen LogP contribution < -0.4 is 10.5 Å². The van der Waals surface area contributed by atoms with Crippen molar-refractivity contribution in [1.29, 1.82) is 0 Å². The van der Waals surface area contributed by atoms with Gasteiger partial charge >= 0.3 is 0 Å². The molecule has 1 fully saturated rings. The Hall–Kier alpha value is -1.18. The average molecular weight is 386 g/mol. The second-order valence-corrected chi connectivity index (χ2v) is 5.85. The highest BCUT2D eigenvalue weighted by Gasteiger charge is 2.29. The van der Waals surface area contributed by atoms with Crippen LogP contribution >= 0.6 is 24.8 Å². The zero-order chi connectivity index (χ0) is 16.3. The number of hydrogen-bond donors (Lipinski definition) is 1. The van der Waals surface area contributed by atoms with Crippen LogP contribution in [0.4, 0.5) is 8.78 Å². The van der Waals surface area contributed by atoms with Gasteiger partial charge in [0.05, 0.1) is 12.2 Å². The van der Waals surface area contributed by atoms with Crippen LogP contribution in [0.3, 0.4) is 0 Å². The fourth-order valence-corrected chi connectivity index (χ4v) is 2.34. The predicted molar refractivity (Wildman–Crippen MR) is 91.7 cm³/mol. The predicted octanol–water partition coefficient (Wildman–Crippen LogP) is 2.56. The van der Waals surface area contributed by atoms with Crippen molar-refractivity contribution in [3.8, 4) is 5.88 Å². The van der Waals surface area contributed by atoms with E-state index in [-0.39, 0.29) is 48.6 Å². The number of halogens is 4. The summed E-state index contributed by atoms with van der Waals surface area (Å²) in [6.07, 6.45) is 1.80. The van der Waals surface area contributed by atoms with E-state index in [1.54, 1.807) is 4.90 Å². The van der Waals surface area contributed by atoms with Gasteiger partial charge in [-0.1, -0.05) is 13.8 Å². The SMILES string of the molecule is CC(C)[C@H](N)C(=O)N1CCC(Oc2ncc(F)cc2F)CC1.Cl.Cl. The summed E-state index contributed by atoms with van der Waals surface area (Å²) >= 11 is 0. The number of aromatic nitrogens is 1. The van der Waals surface area contributed by atoms with Gasteiger partial charge < -0.3 is 15.4 Å². The van der Waals surface area contributed by atoms with E-state index < -0.39 is 17.7 Å². The molecule has 0 aromatic carbocycles. The maximum atomic E-state index is 13.5. The monoisotopic (exact) mass is 385 g/mol. The van der Waals surface area contributed by atoms with Crippen LogP contribution in [-0.2, 0) is 4.79 Å². The van der Waals surface area contributed by atoms with E-state index in [0.29, 0.717) is 25.9 Å². The van der Waals surface area contributed by atoms with Crippen LogP contribution in [0.25, 0.3) is 0 Å². The number of likely N-dealkylation sites (tertiary alicyclic amines) is 1. The van der Waals surface area contributed by atoms with E-state index in [1.807, 2.05) is 13.8 Å². The lowest BCUT2D eigenvalue weighted by Crippen LogP contribution is -2.50. The van der Waals surface area contributed by atoms with Crippen molar-refractivity contribution >= 4 is 30.7 Å². The standard InChI is InChI=1S/C15H21F2N3O2.2ClH/c1-9(2)13(18)15(21)20-5-3-11(4-6-20)22-14-12(17)7-10(16)8-19-14;;/h7-9,11,13H,3-6,18H2,1-2H3;2*1H/t13-;;/m0../s1. The van der Waals surface area contributed by atoms with Crippen molar-refractivity contribution in [2.75, 3.05) is 13.1 Å². The van der Waals surface area contributed by atoms with E-state index in [2.05, 4.69) is 4.98 Å². The molecular weight excluding hydrogens is 363 g/mol. The summed E-state index contributed by atoms with van der Waals surface area (Å²) in [5, 5.41) is 0. The molecule has 1 aliphatic rings. The summed E-state index contributed by atoms with van der Waals surface area (Å²) in [4.78, 5) is 17.5. The maximum Gasteiger partial charge on any atom is 0.250 e. The maximum absolute atomic E-state index is 13.5. The highest BCUT2D eigenvalue weighted by Crippen LogP contribution is 2.21. The first-order valence-electron chi connectivity index (χ1n) is 7.40. The first kappa shape index (κ1) is 22.8. The van der Waals surface area contributed by atoms with E-state index >= 15 is 0 Å². The Morgan fingerprint density at radius 1 is 1.33 bits per heavy atom. The summed E-state index contributed by atoms with van der Waals surface area (Å²) < 4.78 is 31.7. The number of carbonyl (C=O) groups excluding carboxylic acids is 1. The van der Waals surface area contributed by atoms with E-state index in [1.165, 1.54) is 0 Å². The molecule has 1 aromatic heterocycles. The Bertz CT molecular complexity index is 541. The summed E-state index contributed by atoms with van der Waals surface area (Å²) in [6, 6.07) is 0.233. The van der Waals surface area contributed by atoms with E-state index in [9.17, 15) is 13.6 Å². The molecule has 2 heterocycles. The third-order valence-corrected chi connectivity index (χ3v) is 3.81. The van der Waals surface area contributed by atoms with Crippen LogP contribution in [0.15, 0.2) is 12.3 Å². The van der Waals surface area contributed by atoms with Gasteiger partial charge in [0.25, 0.3) is 5.88 Å².